The molecule has 30 heteroatoms. The highest BCUT2D eigenvalue weighted by atomic mass is 35.5. The predicted octanol–water partition coefficient (Wildman–Crippen LogP) is 16.5. The summed E-state index contributed by atoms with van der Waals surface area (Å²) in [5.74, 6) is -7.51. The summed E-state index contributed by atoms with van der Waals surface area (Å²) >= 11 is 25.9. The van der Waals surface area contributed by atoms with E-state index in [1.807, 2.05) is 176 Å². The smallest absolute Gasteiger partial charge is 0.321 e. The van der Waals surface area contributed by atoms with Crippen molar-refractivity contribution in [2.24, 2.45) is 23.7 Å². The van der Waals surface area contributed by atoms with E-state index in [4.69, 9.17) is 51.1 Å². The Bertz CT molecular complexity index is 4960. The van der Waals surface area contributed by atoms with E-state index >= 15 is 0 Å². The van der Waals surface area contributed by atoms with Crippen molar-refractivity contribution in [1.82, 2.24) is 21.3 Å². The van der Waals surface area contributed by atoms with Gasteiger partial charge < -0.3 is 45.6 Å². The Hall–Kier alpha value is -9.97. The van der Waals surface area contributed by atoms with E-state index in [1.165, 1.54) is 24.3 Å². The fourth-order valence-electron chi connectivity index (χ4n) is 12.8. The Morgan fingerprint density at radius 3 is 1.11 bits per heavy atom. The van der Waals surface area contributed by atoms with Crippen LogP contribution in [-0.4, -0.2) is 145 Å². The van der Waals surface area contributed by atoms with Crippen molar-refractivity contribution in [2.75, 3.05) is 4.72 Å². The third kappa shape index (κ3) is 35.1. The van der Waals surface area contributed by atoms with Gasteiger partial charge in [-0.2, -0.15) is 0 Å². The highest BCUT2D eigenvalue weighted by molar-refractivity contribution is 7.92. The maximum absolute atomic E-state index is 12.4. The third-order valence-electron chi connectivity index (χ3n) is 18.4. The summed E-state index contributed by atoms with van der Waals surface area (Å²) in [6, 6.07) is 47.6. The maximum Gasteiger partial charge on any atom is 0.321 e. The Balaban J connectivity index is 0.000000246. The molecule has 0 saturated carbocycles. The third-order valence-corrected chi connectivity index (χ3v) is 21.7. The van der Waals surface area contributed by atoms with Gasteiger partial charge in [-0.3, -0.25) is 64.3 Å². The SMILES string of the molecule is CC(C)CC(NC(Cc1ccc(NS(=O)(=O)c2ccccc2)cc1)C(=O)O)C(=O)O.CC(C)CC(NC(Cc1cccc(Cc2cc(Cl)cc(Cl)c2)c1)C(=O)O)C(=O)O.CC(C)CC(NC(Cc1cccc(Cc2cccc(Cl)c2)c1)C(=O)O)C(=O)O.CC(C)CC(NC(Cc1cccc(OCc2csc3ccc(Cl)cc23)c1)C(=O)O)C(=O)O. The van der Waals surface area contributed by atoms with Gasteiger partial charge in [0.15, 0.2) is 0 Å². The predicted molar refractivity (Wildman–Crippen MR) is 464 cm³/mol. The number of hydrogen-bond donors (Lipinski definition) is 13. The van der Waals surface area contributed by atoms with Gasteiger partial charge in [0.2, 0.25) is 0 Å². The average molecular weight is 1750 g/mol. The van der Waals surface area contributed by atoms with E-state index in [-0.39, 0.29) is 54.3 Å². The summed E-state index contributed by atoms with van der Waals surface area (Å²) in [5, 5.41) is 92.4. The van der Waals surface area contributed by atoms with Crippen LogP contribution in [0.4, 0.5) is 5.69 Å². The highest BCUT2D eigenvalue weighted by Crippen LogP contribution is 2.31. The first-order valence-electron chi connectivity index (χ1n) is 38.4. The van der Waals surface area contributed by atoms with Crippen molar-refractivity contribution in [3.63, 3.8) is 0 Å². The lowest BCUT2D eigenvalue weighted by Gasteiger charge is -2.22. The molecule has 638 valence electrons. The molecule has 9 rings (SSSR count). The normalized spacial score (nSPS) is 13.3. The number of halogens is 4. The number of carboxylic acid groups (broad SMARTS) is 8. The monoisotopic (exact) mass is 1750 g/mol. The number of carboxylic acids is 8. The molecule has 0 aliphatic carbocycles. The lowest BCUT2D eigenvalue weighted by molar-refractivity contribution is -0.144. The molecule has 13 N–H and O–H groups in total. The van der Waals surface area contributed by atoms with Crippen molar-refractivity contribution in [2.45, 2.75) is 179 Å². The number of thiophene rings is 1. The van der Waals surface area contributed by atoms with Crippen molar-refractivity contribution >= 4 is 131 Å². The van der Waals surface area contributed by atoms with Gasteiger partial charge in [-0.05, 0) is 223 Å². The highest BCUT2D eigenvalue weighted by Gasteiger charge is 2.32. The van der Waals surface area contributed by atoms with Crippen LogP contribution in [0, 0.1) is 23.7 Å². The summed E-state index contributed by atoms with van der Waals surface area (Å²) in [6.07, 6.45) is 3.26. The van der Waals surface area contributed by atoms with E-state index in [0.717, 1.165) is 54.6 Å². The van der Waals surface area contributed by atoms with Gasteiger partial charge in [-0.15, -0.1) is 11.3 Å². The number of hydrogen-bond acceptors (Lipinski definition) is 16. The van der Waals surface area contributed by atoms with E-state index in [9.17, 15) is 87.6 Å². The second-order valence-corrected chi connectivity index (χ2v) is 34.8. The second kappa shape index (κ2) is 48.3. The number of rotatable bonds is 42. The molecule has 0 spiro atoms. The van der Waals surface area contributed by atoms with Crippen LogP contribution in [0.1, 0.15) is 131 Å². The minimum absolute atomic E-state index is 0.0585. The molecule has 0 amide bonds. The zero-order chi connectivity index (χ0) is 87.8. The molecule has 119 heavy (non-hydrogen) atoms. The lowest BCUT2D eigenvalue weighted by Crippen LogP contribution is -2.48. The number of nitrogens with one attached hydrogen (secondary N) is 5. The summed E-state index contributed by atoms with van der Waals surface area (Å²) in [6.45, 7) is 15.5. The first kappa shape index (κ1) is 97.9. The number of fused-ring (bicyclic) bond motifs is 1. The number of benzene rings is 8. The van der Waals surface area contributed by atoms with Crippen LogP contribution < -0.4 is 30.7 Å². The minimum atomic E-state index is -3.72. The maximum atomic E-state index is 12.4. The molecule has 9 aromatic rings. The number of ether oxygens (including phenoxy) is 1. The van der Waals surface area contributed by atoms with Crippen LogP contribution in [0.25, 0.3) is 10.1 Å². The molecule has 1 aromatic heterocycles. The van der Waals surface area contributed by atoms with Crippen molar-refractivity contribution in [1.29, 1.82) is 0 Å². The molecule has 0 aliphatic heterocycles. The van der Waals surface area contributed by atoms with Crippen LogP contribution in [-0.2, 0) is 93.5 Å². The largest absolute Gasteiger partial charge is 0.489 e. The molecule has 0 aliphatic rings. The van der Waals surface area contributed by atoms with Gasteiger partial charge in [0, 0.05) is 41.4 Å². The average Bonchev–Trinajstić information content (AvgIpc) is 1.71. The fourth-order valence-corrected chi connectivity index (χ4v) is 15.8. The van der Waals surface area contributed by atoms with Crippen LogP contribution in [0.15, 0.2) is 198 Å². The topological polar surface area (TPSA) is 402 Å². The lowest BCUT2D eigenvalue weighted by atomic mass is 9.98. The first-order chi connectivity index (χ1) is 56.2. The quantitative estimate of drug-likeness (QED) is 0.0169. The molecule has 0 radical (unpaired) electrons. The van der Waals surface area contributed by atoms with Gasteiger partial charge in [0.1, 0.15) is 60.7 Å². The van der Waals surface area contributed by atoms with Gasteiger partial charge >= 0.3 is 47.8 Å². The molecule has 8 aromatic carbocycles. The van der Waals surface area contributed by atoms with E-state index in [2.05, 4.69) is 26.0 Å². The van der Waals surface area contributed by atoms with Gasteiger partial charge in [0.05, 0.1) is 4.90 Å². The Morgan fingerprint density at radius 2 is 0.706 bits per heavy atom. The zero-order valence-electron chi connectivity index (χ0n) is 67.1. The summed E-state index contributed by atoms with van der Waals surface area (Å²) in [4.78, 5) is 92.8. The Kier molecular flexibility index (Phi) is 39.7. The molecule has 0 saturated heterocycles. The zero-order valence-corrected chi connectivity index (χ0v) is 71.7. The number of aliphatic carboxylic acids is 8. The number of carbonyl (C=O) groups is 8. The molecule has 8 atom stereocenters. The standard InChI is InChI=1S/C24H26ClNO5S.C22H25Cl2NO4.C22H26ClNO4.C21H26N2O6S/c1-14(2)8-20(23(27)28)26-21(24(29)30)10-15-4-3-5-18(9-15)31-12-16-13-32-22-7-6-17(25)11-19(16)22;1-13(2)6-19(21(26)27)25-20(22(28)29)11-15-5-3-4-14(7-15)8-16-9-17(23)12-18(24)10-16;1-14(2)9-19(21(25)26)24-20(22(27)28)13-17-6-3-5-15(11-17)10-16-7-4-8-18(23)12-16;1-14(2)12-18(20(24)25)22-19(21(26)27)13-15-8-10-16(11-9-15)23-30(28,29)17-6-4-3-5-7-17/h3-7,9,11,13-14,20-21,26H,8,10,12H2,1-2H3,(H,27,28)(H,29,30);3-5,7,9-10,12-13,19-20,25H,6,8,11H2,1-2H3,(H,26,27)(H,28,29);3-8,11-12,14,19-20,24H,9-10,13H2,1-2H3,(H,25,26)(H,27,28);3-11,14,18-19,22-23H,12-13H2,1-2H3,(H,24,25)(H,26,27). The van der Waals surface area contributed by atoms with Gasteiger partial charge in [-0.1, -0.05) is 205 Å². The van der Waals surface area contributed by atoms with Crippen molar-refractivity contribution in [3.05, 3.63) is 264 Å². The van der Waals surface area contributed by atoms with E-state index in [0.29, 0.717) is 82.2 Å². The van der Waals surface area contributed by atoms with Gasteiger partial charge in [0.25, 0.3) is 10.0 Å². The van der Waals surface area contributed by atoms with Crippen LogP contribution >= 0.6 is 57.7 Å². The summed E-state index contributed by atoms with van der Waals surface area (Å²) in [5.41, 5.74) is 8.45. The second-order valence-electron chi connectivity index (χ2n) is 30.5. The molecule has 8 unspecified atom stereocenters. The minimum Gasteiger partial charge on any atom is -0.489 e. The van der Waals surface area contributed by atoms with Crippen LogP contribution in [0.5, 0.6) is 5.75 Å². The number of anilines is 1. The van der Waals surface area contributed by atoms with E-state index in [1.54, 1.807) is 59.9 Å². The molecule has 0 fully saturated rings. The molecular weight excluding hydrogens is 1650 g/mol. The van der Waals surface area contributed by atoms with Crippen LogP contribution in [0.2, 0.25) is 20.1 Å². The molecule has 0 bridgehead atoms. The number of sulfonamides is 1. The molecule has 24 nitrogen and oxygen atoms in total. The van der Waals surface area contributed by atoms with Crippen molar-refractivity contribution in [3.8, 4) is 5.75 Å². The van der Waals surface area contributed by atoms with Crippen molar-refractivity contribution < 1.29 is 92.4 Å². The fraction of sp³-hybridized carbons (Fsp3) is 0.348. The first-order valence-corrected chi connectivity index (χ1v) is 42.3. The molecule has 1 heterocycles. The molecular formula is C89H103Cl4N5O19S2. The van der Waals surface area contributed by atoms with Crippen LogP contribution in [0.3, 0.4) is 0 Å². The summed E-state index contributed by atoms with van der Waals surface area (Å²) in [7, 11) is -3.72. The van der Waals surface area contributed by atoms with Gasteiger partial charge in [-0.25, -0.2) is 8.42 Å². The summed E-state index contributed by atoms with van der Waals surface area (Å²) < 4.78 is 34.3. The Labute approximate surface area is 717 Å². The van der Waals surface area contributed by atoms with E-state index < -0.39 is 106 Å². The Morgan fingerprint density at radius 1 is 0.353 bits per heavy atom.